The van der Waals surface area contributed by atoms with Gasteiger partial charge in [-0.2, -0.15) is 0 Å². The molecule has 0 heterocycles. The van der Waals surface area contributed by atoms with Crippen LogP contribution in [0.4, 0.5) is 0 Å². The van der Waals surface area contributed by atoms with E-state index in [1.54, 1.807) is 38.5 Å². The topological polar surface area (TPSA) is 71.0 Å². The monoisotopic (exact) mass is 317 g/mol. The van der Waals surface area contributed by atoms with Crippen LogP contribution in [-0.2, 0) is 12.2 Å². The molecule has 2 rings (SSSR count). The molecule has 0 saturated carbocycles. The van der Waals surface area contributed by atoms with E-state index in [2.05, 4.69) is 5.32 Å². The van der Waals surface area contributed by atoms with Crippen molar-refractivity contribution in [2.24, 2.45) is 0 Å². The smallest absolute Gasteiger partial charge is 0.202 e. The number of hydrogen-bond donors (Lipinski definition) is 3. The first kappa shape index (κ1) is 17.3. The fourth-order valence-corrected chi connectivity index (χ4v) is 2.34. The maximum absolute atomic E-state index is 10.1. The zero-order valence-electron chi connectivity index (χ0n) is 13.5. The summed E-state index contributed by atoms with van der Waals surface area (Å²) in [7, 11) is 3.20. The first-order valence-electron chi connectivity index (χ1n) is 7.48. The van der Waals surface area contributed by atoms with Crippen LogP contribution in [0.5, 0.6) is 11.5 Å². The fraction of sp³-hybridized carbons (Fsp3) is 0.333. The van der Waals surface area contributed by atoms with Gasteiger partial charge in [0, 0.05) is 5.56 Å². The molecule has 2 aromatic carbocycles. The van der Waals surface area contributed by atoms with Gasteiger partial charge in [0.05, 0.1) is 20.8 Å². The predicted molar refractivity (Wildman–Crippen MR) is 88.7 cm³/mol. The van der Waals surface area contributed by atoms with Crippen molar-refractivity contribution in [1.29, 1.82) is 0 Å². The number of hydrogen-bond acceptors (Lipinski definition) is 5. The van der Waals surface area contributed by atoms with E-state index in [0.717, 1.165) is 12.0 Å². The summed E-state index contributed by atoms with van der Waals surface area (Å²) in [5.74, 6) is -0.496. The van der Waals surface area contributed by atoms with Gasteiger partial charge in [0.2, 0.25) is 5.79 Å². The first-order valence-corrected chi connectivity index (χ1v) is 7.48. The zero-order chi connectivity index (χ0) is 16.7. The third-order valence-corrected chi connectivity index (χ3v) is 3.65. The molecular formula is C18H23NO4. The second-order valence-electron chi connectivity index (χ2n) is 5.30. The Kier molecular flexibility index (Phi) is 5.98. The Bertz CT molecular complexity index is 614. The quantitative estimate of drug-likeness (QED) is 0.510. The van der Waals surface area contributed by atoms with E-state index >= 15 is 0 Å². The third kappa shape index (κ3) is 4.69. The van der Waals surface area contributed by atoms with E-state index in [4.69, 9.17) is 9.47 Å². The molecule has 0 aliphatic rings. The molecule has 5 heteroatoms. The van der Waals surface area contributed by atoms with Crippen LogP contribution >= 0.6 is 0 Å². The van der Waals surface area contributed by atoms with Crippen LogP contribution in [0.1, 0.15) is 11.1 Å². The van der Waals surface area contributed by atoms with Gasteiger partial charge in [-0.1, -0.05) is 36.4 Å². The van der Waals surface area contributed by atoms with Crippen LogP contribution in [0.3, 0.4) is 0 Å². The molecule has 0 aromatic heterocycles. The molecule has 0 amide bonds. The summed E-state index contributed by atoms with van der Waals surface area (Å²) < 4.78 is 10.5. The lowest BCUT2D eigenvalue weighted by atomic mass is 10.1. The second-order valence-corrected chi connectivity index (χ2v) is 5.30. The molecule has 0 fully saturated rings. The lowest BCUT2D eigenvalue weighted by Gasteiger charge is -2.22. The van der Waals surface area contributed by atoms with Crippen LogP contribution in [0, 0.1) is 0 Å². The van der Waals surface area contributed by atoms with Crippen molar-refractivity contribution in [2.45, 2.75) is 12.2 Å². The first-order chi connectivity index (χ1) is 11.1. The maximum atomic E-state index is 10.1. The Morgan fingerprint density at radius 2 is 1.65 bits per heavy atom. The van der Waals surface area contributed by atoms with Crippen molar-refractivity contribution in [3.05, 3.63) is 59.7 Å². The number of nitrogens with one attached hydrogen (secondary N) is 1. The molecule has 2 aromatic rings. The molecule has 0 aliphatic carbocycles. The highest BCUT2D eigenvalue weighted by molar-refractivity contribution is 5.42. The van der Waals surface area contributed by atoms with Crippen molar-refractivity contribution in [1.82, 2.24) is 5.32 Å². The summed E-state index contributed by atoms with van der Waals surface area (Å²) in [5.41, 5.74) is 1.55. The minimum atomic E-state index is -1.88. The largest absolute Gasteiger partial charge is 0.493 e. The normalized spacial score (nSPS) is 11.3. The standard InChI is InChI=1S/C18H23NO4/c1-22-16-9-8-14(12-17(16)23-2)10-11-19-13-18(20,21)15-6-4-3-5-7-15/h3-9,12,19-21H,10-11,13H2,1-2H3. The summed E-state index contributed by atoms with van der Waals surface area (Å²) in [4.78, 5) is 0. The van der Waals surface area contributed by atoms with Gasteiger partial charge in [-0.05, 0) is 30.7 Å². The Balaban J connectivity index is 1.86. The Labute approximate surface area is 136 Å². The average molecular weight is 317 g/mol. The highest BCUT2D eigenvalue weighted by Gasteiger charge is 2.24. The van der Waals surface area contributed by atoms with E-state index in [-0.39, 0.29) is 6.54 Å². The van der Waals surface area contributed by atoms with Gasteiger partial charge in [-0.15, -0.1) is 0 Å². The number of rotatable bonds is 8. The number of aliphatic hydroxyl groups is 2. The van der Waals surface area contributed by atoms with Crippen molar-refractivity contribution in [3.63, 3.8) is 0 Å². The molecule has 3 N–H and O–H groups in total. The second kappa shape index (κ2) is 7.97. The van der Waals surface area contributed by atoms with Crippen molar-refractivity contribution in [3.8, 4) is 11.5 Å². The highest BCUT2D eigenvalue weighted by atomic mass is 16.5. The summed E-state index contributed by atoms with van der Waals surface area (Å²) in [5, 5.41) is 23.2. The zero-order valence-corrected chi connectivity index (χ0v) is 13.5. The summed E-state index contributed by atoms with van der Waals surface area (Å²) >= 11 is 0. The lowest BCUT2D eigenvalue weighted by Crippen LogP contribution is -2.38. The van der Waals surface area contributed by atoms with Crippen molar-refractivity contribution in [2.75, 3.05) is 27.3 Å². The summed E-state index contributed by atoms with van der Waals surface area (Å²) in [6.07, 6.45) is 0.741. The number of benzene rings is 2. The van der Waals surface area contributed by atoms with Crippen LogP contribution in [-0.4, -0.2) is 37.5 Å². The molecule has 0 bridgehead atoms. The van der Waals surface area contributed by atoms with Gasteiger partial charge in [0.1, 0.15) is 0 Å². The van der Waals surface area contributed by atoms with Gasteiger partial charge in [-0.3, -0.25) is 0 Å². The number of methoxy groups -OCH3 is 2. The molecule has 23 heavy (non-hydrogen) atoms. The summed E-state index contributed by atoms with van der Waals surface area (Å²) in [6.45, 7) is 0.676. The van der Waals surface area contributed by atoms with Crippen molar-refractivity contribution < 1.29 is 19.7 Å². The van der Waals surface area contributed by atoms with Crippen LogP contribution in [0.2, 0.25) is 0 Å². The highest BCUT2D eigenvalue weighted by Crippen LogP contribution is 2.27. The van der Waals surface area contributed by atoms with Gasteiger partial charge in [-0.25, -0.2) is 0 Å². The van der Waals surface area contributed by atoms with E-state index in [9.17, 15) is 10.2 Å². The molecular weight excluding hydrogens is 294 g/mol. The predicted octanol–water partition coefficient (Wildman–Crippen LogP) is 1.67. The van der Waals surface area contributed by atoms with Crippen LogP contribution in [0.25, 0.3) is 0 Å². The van der Waals surface area contributed by atoms with Gasteiger partial charge < -0.3 is 25.0 Å². The minimum absolute atomic E-state index is 0.0598. The molecule has 0 atom stereocenters. The Morgan fingerprint density at radius 1 is 0.957 bits per heavy atom. The van der Waals surface area contributed by atoms with Gasteiger partial charge >= 0.3 is 0 Å². The minimum Gasteiger partial charge on any atom is -0.493 e. The molecule has 0 aliphatic heterocycles. The van der Waals surface area contributed by atoms with Crippen LogP contribution < -0.4 is 14.8 Å². The Morgan fingerprint density at radius 3 is 2.30 bits per heavy atom. The SMILES string of the molecule is COc1ccc(CCNCC(O)(O)c2ccccc2)cc1OC. The molecule has 124 valence electrons. The van der Waals surface area contributed by atoms with Crippen molar-refractivity contribution >= 4 is 0 Å². The third-order valence-electron chi connectivity index (χ3n) is 3.65. The average Bonchev–Trinajstić information content (AvgIpc) is 2.59. The van der Waals surface area contributed by atoms with Gasteiger partial charge in [0.15, 0.2) is 11.5 Å². The van der Waals surface area contributed by atoms with E-state index in [1.807, 2.05) is 24.3 Å². The molecule has 0 spiro atoms. The Hall–Kier alpha value is -2.08. The molecule has 0 radical (unpaired) electrons. The number of ether oxygens (including phenoxy) is 2. The van der Waals surface area contributed by atoms with Crippen LogP contribution in [0.15, 0.2) is 48.5 Å². The fourth-order valence-electron chi connectivity index (χ4n) is 2.34. The van der Waals surface area contributed by atoms with E-state index in [1.165, 1.54) is 0 Å². The maximum Gasteiger partial charge on any atom is 0.202 e. The summed E-state index contributed by atoms with van der Waals surface area (Å²) in [6, 6.07) is 14.5. The molecule has 5 nitrogen and oxygen atoms in total. The van der Waals surface area contributed by atoms with E-state index in [0.29, 0.717) is 23.6 Å². The molecule has 0 unspecified atom stereocenters. The van der Waals surface area contributed by atoms with E-state index < -0.39 is 5.79 Å². The lowest BCUT2D eigenvalue weighted by molar-refractivity contribution is -0.165. The van der Waals surface area contributed by atoms with Gasteiger partial charge in [0.25, 0.3) is 0 Å². The molecule has 0 saturated heterocycles.